The lowest BCUT2D eigenvalue weighted by molar-refractivity contribution is -0.385. The summed E-state index contributed by atoms with van der Waals surface area (Å²) in [7, 11) is 0. The Morgan fingerprint density at radius 2 is 0.830 bits per heavy atom. The zero-order chi connectivity index (χ0) is 34.3. The van der Waals surface area contributed by atoms with Crippen LogP contribution in [0.3, 0.4) is 0 Å². The second-order valence-electron chi connectivity index (χ2n) is 12.0. The van der Waals surface area contributed by atoms with Crippen LogP contribution in [0.4, 0.5) is 0 Å². The summed E-state index contributed by atoms with van der Waals surface area (Å²) >= 11 is 0. The van der Waals surface area contributed by atoms with E-state index in [0.717, 1.165) is 6.92 Å². The van der Waals surface area contributed by atoms with Crippen molar-refractivity contribution in [3.05, 3.63) is 0 Å². The Balaban J connectivity index is 1.61. The van der Waals surface area contributed by atoms with Gasteiger partial charge in [0.1, 0.15) is 97.6 Å². The molecule has 12 N–H and O–H groups in total. The normalized spacial score (nSPS) is 52.4. The number of fused-ring (bicyclic) bond motifs is 2. The minimum atomic E-state index is -1.99. The van der Waals surface area contributed by atoms with E-state index >= 15 is 0 Å². The summed E-state index contributed by atoms with van der Waals surface area (Å²) in [6.45, 7) is -2.34. The van der Waals surface area contributed by atoms with Gasteiger partial charge in [-0.2, -0.15) is 0 Å². The molecular formula is C26H43NO20. The van der Waals surface area contributed by atoms with Crippen LogP contribution in [-0.4, -0.2) is 211 Å². The standard InChI is InChI=1S/C26H43NO20/c1-6(32)27-11-21-13(34)8(3-29)40-23(11)47-22-14(35)12(33)7(2-28)41-26(22)45-20-10(5-31)42-24(17(38)16(20)37)44-19-9(4-30)43-25(46-21)18(39)15(19)36/h7-26,28-31,33-39H,2-5H2,1H3,(H,27,32)/t7-,8-,9-,10-,11-,12+,13-,14+,15-,16-,17+,18-,19+,20-,21-,22-,23+,24+,25-,26+/m1/s1. The fourth-order valence-corrected chi connectivity index (χ4v) is 6.33. The predicted molar refractivity (Wildman–Crippen MR) is 142 cm³/mol. The van der Waals surface area contributed by atoms with Crippen molar-refractivity contribution in [2.24, 2.45) is 0 Å². The molecule has 7 rings (SSSR count). The molecule has 6 bridgehead atoms. The van der Waals surface area contributed by atoms with Crippen molar-refractivity contribution < 1.29 is 98.9 Å². The van der Waals surface area contributed by atoms with Gasteiger partial charge in [0.25, 0.3) is 0 Å². The van der Waals surface area contributed by atoms with Gasteiger partial charge in [-0.25, -0.2) is 0 Å². The second kappa shape index (κ2) is 15.3. The third-order valence-corrected chi connectivity index (χ3v) is 8.85. The molecule has 7 aliphatic heterocycles. The van der Waals surface area contributed by atoms with E-state index < -0.39 is 155 Å². The van der Waals surface area contributed by atoms with E-state index in [1.165, 1.54) is 0 Å². The van der Waals surface area contributed by atoms with Crippen LogP contribution in [0.5, 0.6) is 0 Å². The fourth-order valence-electron chi connectivity index (χ4n) is 6.33. The Bertz CT molecular complexity index is 1040. The van der Waals surface area contributed by atoms with Gasteiger partial charge in [0.2, 0.25) is 5.91 Å². The second-order valence-corrected chi connectivity index (χ2v) is 12.0. The first kappa shape index (κ1) is 37.0. The molecule has 21 nitrogen and oxygen atoms in total. The SMILES string of the molecule is CC(=O)N[C@H]1[C@@H]2O[C@H]3[C@H](O[C@H]4[C@H](O)[C@H](O)[C@H](O[C@@H]5[C@H](O)[C@@H](O)[C@@H](O[C@H]1[C@H](O)[C@@H](CO)O2)O[C@@H]5CO)O[C@@H]4CO)O[C@H](CO)[C@H](O)[C@@H]3O. The molecule has 7 fully saturated rings. The van der Waals surface area contributed by atoms with Gasteiger partial charge in [-0.1, -0.05) is 0 Å². The maximum Gasteiger partial charge on any atom is 0.217 e. The molecule has 0 unspecified atom stereocenters. The number of nitrogens with one attached hydrogen (secondary N) is 1. The van der Waals surface area contributed by atoms with Crippen LogP contribution in [-0.2, 0) is 42.7 Å². The molecule has 1 amide bonds. The Labute approximate surface area is 266 Å². The minimum Gasteiger partial charge on any atom is -0.394 e. The number of amides is 1. The number of hydrogen-bond acceptors (Lipinski definition) is 20. The first-order chi connectivity index (χ1) is 22.3. The van der Waals surface area contributed by atoms with Gasteiger partial charge < -0.3 is 99.4 Å². The summed E-state index contributed by atoms with van der Waals surface area (Å²) in [6, 6.07) is -1.55. The van der Waals surface area contributed by atoms with Crippen molar-refractivity contribution in [3.63, 3.8) is 0 Å². The molecule has 0 aromatic carbocycles. The minimum absolute atomic E-state index is 0.723. The zero-order valence-electron chi connectivity index (χ0n) is 25.0. The van der Waals surface area contributed by atoms with E-state index in [1.54, 1.807) is 0 Å². The molecule has 7 aliphatic rings. The average molecular weight is 690 g/mol. The molecule has 0 aromatic heterocycles. The Kier molecular flexibility index (Phi) is 12.0. The Hall–Kier alpha value is -1.29. The van der Waals surface area contributed by atoms with Gasteiger partial charge in [0, 0.05) is 6.92 Å². The van der Waals surface area contributed by atoms with E-state index in [9.17, 15) is 61.0 Å². The number of aliphatic hydroxyl groups is 11. The van der Waals surface area contributed by atoms with Gasteiger partial charge in [-0.15, -0.1) is 0 Å². The summed E-state index contributed by atoms with van der Waals surface area (Å²) in [4.78, 5) is 12.3. The lowest BCUT2D eigenvalue weighted by Crippen LogP contribution is -2.70. The maximum atomic E-state index is 12.3. The van der Waals surface area contributed by atoms with Gasteiger partial charge in [-0.05, 0) is 0 Å². The first-order valence-electron chi connectivity index (χ1n) is 15.1. The fraction of sp³-hybridized carbons (Fsp3) is 0.962. The van der Waals surface area contributed by atoms with Crippen LogP contribution in [0.25, 0.3) is 0 Å². The van der Waals surface area contributed by atoms with E-state index in [2.05, 4.69) is 5.32 Å². The molecule has 20 atom stereocenters. The number of aliphatic hydroxyl groups excluding tert-OH is 11. The first-order valence-corrected chi connectivity index (χ1v) is 15.1. The largest absolute Gasteiger partial charge is 0.394 e. The van der Waals surface area contributed by atoms with Crippen LogP contribution >= 0.6 is 0 Å². The summed E-state index contributed by atoms with van der Waals surface area (Å²) in [5.74, 6) is -0.723. The summed E-state index contributed by atoms with van der Waals surface area (Å²) in [6.07, 6.45) is -33.4. The number of ether oxygens (including phenoxy) is 8. The molecule has 0 aromatic rings. The van der Waals surface area contributed by atoms with Crippen LogP contribution in [0, 0.1) is 0 Å². The Morgan fingerprint density at radius 1 is 0.447 bits per heavy atom. The molecular weight excluding hydrogens is 646 g/mol. The monoisotopic (exact) mass is 689 g/mol. The van der Waals surface area contributed by atoms with E-state index in [1.807, 2.05) is 0 Å². The van der Waals surface area contributed by atoms with E-state index in [0.29, 0.717) is 0 Å². The zero-order valence-corrected chi connectivity index (χ0v) is 25.0. The van der Waals surface area contributed by atoms with Gasteiger partial charge in [0.15, 0.2) is 25.2 Å². The third kappa shape index (κ3) is 7.16. The predicted octanol–water partition coefficient (Wildman–Crippen LogP) is -8.56. The topological polar surface area (TPSA) is 325 Å². The lowest BCUT2D eigenvalue weighted by atomic mass is 9.94. The van der Waals surface area contributed by atoms with Gasteiger partial charge in [0.05, 0.1) is 26.4 Å². The summed E-state index contributed by atoms with van der Waals surface area (Å²) in [5, 5.41) is 120. The average Bonchev–Trinajstić information content (AvgIpc) is 3.05. The third-order valence-electron chi connectivity index (χ3n) is 8.85. The molecule has 0 saturated carbocycles. The molecule has 21 heteroatoms. The van der Waals surface area contributed by atoms with Crippen molar-refractivity contribution >= 4 is 5.91 Å². The smallest absolute Gasteiger partial charge is 0.217 e. The molecule has 0 radical (unpaired) electrons. The molecule has 7 heterocycles. The van der Waals surface area contributed by atoms with E-state index in [4.69, 9.17) is 37.9 Å². The van der Waals surface area contributed by atoms with E-state index in [-0.39, 0.29) is 0 Å². The molecule has 0 aliphatic carbocycles. The van der Waals surface area contributed by atoms with Crippen LogP contribution in [0.1, 0.15) is 6.92 Å². The summed E-state index contributed by atoms with van der Waals surface area (Å²) in [5.41, 5.74) is 0. The van der Waals surface area contributed by atoms with Crippen LogP contribution in [0.15, 0.2) is 0 Å². The number of carbonyl (C=O) groups excluding carboxylic acids is 1. The highest BCUT2D eigenvalue weighted by Gasteiger charge is 2.57. The lowest BCUT2D eigenvalue weighted by Gasteiger charge is -2.49. The highest BCUT2D eigenvalue weighted by atomic mass is 16.8. The van der Waals surface area contributed by atoms with Crippen molar-refractivity contribution in [2.45, 2.75) is 130 Å². The van der Waals surface area contributed by atoms with Gasteiger partial charge >= 0.3 is 0 Å². The summed E-state index contributed by atoms with van der Waals surface area (Å²) < 4.78 is 46.0. The maximum absolute atomic E-state index is 12.3. The Morgan fingerprint density at radius 3 is 1.32 bits per heavy atom. The molecule has 47 heavy (non-hydrogen) atoms. The molecule has 7 saturated heterocycles. The van der Waals surface area contributed by atoms with Crippen molar-refractivity contribution in [2.75, 3.05) is 26.4 Å². The highest BCUT2D eigenvalue weighted by molar-refractivity contribution is 5.73. The van der Waals surface area contributed by atoms with Crippen molar-refractivity contribution in [1.82, 2.24) is 5.32 Å². The molecule has 0 spiro atoms. The van der Waals surface area contributed by atoms with Crippen LogP contribution in [0.2, 0.25) is 0 Å². The number of carbonyl (C=O) groups is 1. The number of rotatable bonds is 5. The quantitative estimate of drug-likeness (QED) is 0.127. The number of hydrogen-bond donors (Lipinski definition) is 12. The highest BCUT2D eigenvalue weighted by Crippen LogP contribution is 2.36. The van der Waals surface area contributed by atoms with Crippen LogP contribution < -0.4 is 5.32 Å². The van der Waals surface area contributed by atoms with Crippen molar-refractivity contribution in [1.29, 1.82) is 0 Å². The molecule has 272 valence electrons. The van der Waals surface area contributed by atoms with Crippen molar-refractivity contribution in [3.8, 4) is 0 Å². The van der Waals surface area contributed by atoms with Gasteiger partial charge in [-0.3, -0.25) is 4.79 Å².